The molecule has 214 valence electrons. The quantitative estimate of drug-likeness (QED) is 0.301. The molecule has 1 atom stereocenters. The fourth-order valence-electron chi connectivity index (χ4n) is 5.00. The molecule has 1 saturated heterocycles. The molecule has 1 unspecified atom stereocenters. The van der Waals surface area contributed by atoms with E-state index < -0.39 is 23.8 Å². The van der Waals surface area contributed by atoms with Crippen molar-refractivity contribution in [2.45, 2.75) is 12.5 Å². The van der Waals surface area contributed by atoms with Gasteiger partial charge in [-0.3, -0.25) is 28.6 Å². The lowest BCUT2D eigenvalue weighted by Crippen LogP contribution is -2.60. The van der Waals surface area contributed by atoms with Gasteiger partial charge in [-0.05, 0) is 42.0 Å². The minimum Gasteiger partial charge on any atom is -0.324 e. The van der Waals surface area contributed by atoms with Crippen molar-refractivity contribution in [1.29, 1.82) is 0 Å². The Hall–Kier alpha value is -4.75. The van der Waals surface area contributed by atoms with Gasteiger partial charge in [0.25, 0.3) is 0 Å². The van der Waals surface area contributed by atoms with Crippen molar-refractivity contribution in [3.8, 4) is 5.69 Å². The zero-order valence-electron chi connectivity index (χ0n) is 22.5. The number of benzene rings is 2. The normalized spacial score (nSPS) is 14.6. The first kappa shape index (κ1) is 27.4. The monoisotopic (exact) mass is 606 g/mol. The van der Waals surface area contributed by atoms with Gasteiger partial charge in [0.15, 0.2) is 5.15 Å². The van der Waals surface area contributed by atoms with Crippen LogP contribution in [0.25, 0.3) is 16.6 Å². The van der Waals surface area contributed by atoms with Gasteiger partial charge in [0.2, 0.25) is 17.7 Å². The third-order valence-corrected chi connectivity index (χ3v) is 7.32. The highest BCUT2D eigenvalue weighted by Crippen LogP contribution is 2.30. The number of aryl methyl sites for hydroxylation is 2. The fourth-order valence-corrected chi connectivity index (χ4v) is 5.29. The predicted molar refractivity (Wildman–Crippen MR) is 155 cm³/mol. The van der Waals surface area contributed by atoms with Crippen LogP contribution in [0.4, 0.5) is 11.4 Å². The number of nitrogens with one attached hydrogen (secondary N) is 1. The summed E-state index contributed by atoms with van der Waals surface area (Å²) in [6, 6.07) is 9.24. The fraction of sp³-hybridized carbons (Fsp3) is 0.222. The van der Waals surface area contributed by atoms with Crippen molar-refractivity contribution in [3.63, 3.8) is 0 Å². The van der Waals surface area contributed by atoms with Crippen LogP contribution in [0.1, 0.15) is 5.56 Å². The van der Waals surface area contributed by atoms with Gasteiger partial charge in [0, 0.05) is 49.0 Å². The van der Waals surface area contributed by atoms with Gasteiger partial charge >= 0.3 is 0 Å². The molecular formula is C27H24Cl2N10O3. The highest BCUT2D eigenvalue weighted by molar-refractivity contribution is 6.31. The molecular weight excluding hydrogens is 583 g/mol. The number of amides is 3. The maximum absolute atomic E-state index is 13.7. The number of carbonyl (C=O) groups is 3. The molecule has 0 spiro atoms. The number of rotatable bonds is 7. The van der Waals surface area contributed by atoms with E-state index in [2.05, 4.69) is 25.8 Å². The van der Waals surface area contributed by atoms with E-state index in [0.29, 0.717) is 22.1 Å². The topological polar surface area (TPSA) is 136 Å². The summed E-state index contributed by atoms with van der Waals surface area (Å²) < 4.78 is 4.70. The Morgan fingerprint density at radius 1 is 0.976 bits per heavy atom. The van der Waals surface area contributed by atoms with Gasteiger partial charge in [0.05, 0.1) is 29.3 Å². The second kappa shape index (κ2) is 10.9. The molecule has 1 fully saturated rings. The molecule has 6 rings (SSSR count). The molecule has 0 saturated carbocycles. The highest BCUT2D eigenvalue weighted by Gasteiger charge is 2.39. The van der Waals surface area contributed by atoms with Gasteiger partial charge in [-0.1, -0.05) is 28.4 Å². The lowest BCUT2D eigenvalue weighted by atomic mass is 10.0. The molecule has 1 aliphatic rings. The Kier molecular flexibility index (Phi) is 7.12. The summed E-state index contributed by atoms with van der Waals surface area (Å²) in [6.07, 6.45) is 6.89. The largest absolute Gasteiger partial charge is 0.324 e. The van der Waals surface area contributed by atoms with Gasteiger partial charge in [-0.25, -0.2) is 4.68 Å². The smallest absolute Gasteiger partial charge is 0.247 e. The number of aromatic nitrogens is 7. The van der Waals surface area contributed by atoms with Crippen molar-refractivity contribution in [1.82, 2.24) is 39.5 Å². The minimum absolute atomic E-state index is 0.160. The zero-order chi connectivity index (χ0) is 29.5. The minimum atomic E-state index is -0.981. The van der Waals surface area contributed by atoms with Crippen molar-refractivity contribution in [3.05, 3.63) is 76.9 Å². The summed E-state index contributed by atoms with van der Waals surface area (Å²) in [7, 11) is 3.58. The first-order valence-corrected chi connectivity index (χ1v) is 13.6. The number of halogens is 2. The Labute approximate surface area is 249 Å². The summed E-state index contributed by atoms with van der Waals surface area (Å²) >= 11 is 12.2. The number of hydrogen-bond acceptors (Lipinski definition) is 7. The van der Waals surface area contributed by atoms with E-state index in [4.69, 9.17) is 23.2 Å². The Morgan fingerprint density at radius 3 is 2.55 bits per heavy atom. The van der Waals surface area contributed by atoms with Gasteiger partial charge < -0.3 is 10.2 Å². The van der Waals surface area contributed by atoms with E-state index in [0.717, 1.165) is 16.5 Å². The lowest BCUT2D eigenvalue weighted by molar-refractivity contribution is -0.143. The van der Waals surface area contributed by atoms with Crippen molar-refractivity contribution >= 4 is 63.2 Å². The van der Waals surface area contributed by atoms with Crippen LogP contribution in [0.15, 0.2) is 61.2 Å². The summed E-state index contributed by atoms with van der Waals surface area (Å²) in [5, 5.41) is 20.6. The highest BCUT2D eigenvalue weighted by atomic mass is 35.5. The molecule has 3 aromatic heterocycles. The summed E-state index contributed by atoms with van der Waals surface area (Å²) in [4.78, 5) is 43.6. The first-order valence-electron chi connectivity index (χ1n) is 12.8. The van der Waals surface area contributed by atoms with Crippen molar-refractivity contribution < 1.29 is 14.4 Å². The molecule has 5 aromatic rings. The van der Waals surface area contributed by atoms with E-state index in [1.165, 1.54) is 20.7 Å². The number of hydrogen-bond donors (Lipinski definition) is 1. The van der Waals surface area contributed by atoms with E-state index >= 15 is 0 Å². The first-order chi connectivity index (χ1) is 20.1. The molecule has 0 radical (unpaired) electrons. The number of anilines is 2. The molecule has 15 heteroatoms. The SMILES string of the molecule is Cn1cc(CC(C(=O)Nc2ccc3nn(C)cc3c2)N2CC(=O)N(c3cc(Cl)ccc3-n3cc(Cl)nn3)CC2=O)cn1. The van der Waals surface area contributed by atoms with Gasteiger partial charge in [0.1, 0.15) is 19.1 Å². The number of piperazine rings is 1. The molecule has 42 heavy (non-hydrogen) atoms. The van der Waals surface area contributed by atoms with Crippen LogP contribution in [0.3, 0.4) is 0 Å². The van der Waals surface area contributed by atoms with E-state index in [1.807, 2.05) is 19.3 Å². The van der Waals surface area contributed by atoms with Crippen molar-refractivity contribution in [2.75, 3.05) is 23.3 Å². The lowest BCUT2D eigenvalue weighted by Gasteiger charge is -2.38. The molecule has 4 heterocycles. The molecule has 3 amide bonds. The second-order valence-corrected chi connectivity index (χ2v) is 10.8. The van der Waals surface area contributed by atoms with Gasteiger partial charge in [-0.2, -0.15) is 10.2 Å². The third kappa shape index (κ3) is 5.43. The molecule has 0 bridgehead atoms. The zero-order valence-corrected chi connectivity index (χ0v) is 24.0. The average molecular weight is 607 g/mol. The Bertz CT molecular complexity index is 1840. The Balaban J connectivity index is 1.29. The Morgan fingerprint density at radius 2 is 1.81 bits per heavy atom. The van der Waals surface area contributed by atoms with Crippen LogP contribution < -0.4 is 10.2 Å². The molecule has 1 N–H and O–H groups in total. The molecule has 1 aliphatic heterocycles. The van der Waals surface area contributed by atoms with Crippen LogP contribution in [-0.2, 0) is 34.9 Å². The second-order valence-electron chi connectivity index (χ2n) is 9.93. The third-order valence-electron chi connectivity index (χ3n) is 6.91. The predicted octanol–water partition coefficient (Wildman–Crippen LogP) is 2.62. The van der Waals surface area contributed by atoms with Crippen LogP contribution in [0, 0.1) is 0 Å². The van der Waals surface area contributed by atoms with Crippen LogP contribution in [0.5, 0.6) is 0 Å². The summed E-state index contributed by atoms with van der Waals surface area (Å²) in [6.45, 7) is -0.643. The van der Waals surface area contributed by atoms with Gasteiger partial charge in [-0.15, -0.1) is 5.10 Å². The van der Waals surface area contributed by atoms with E-state index in [9.17, 15) is 14.4 Å². The number of nitrogens with zero attached hydrogens (tertiary/aromatic N) is 9. The van der Waals surface area contributed by atoms with E-state index in [-0.39, 0.29) is 24.7 Å². The van der Waals surface area contributed by atoms with Crippen LogP contribution in [-0.4, -0.2) is 76.3 Å². The van der Waals surface area contributed by atoms with E-state index in [1.54, 1.807) is 59.1 Å². The maximum Gasteiger partial charge on any atom is 0.247 e. The molecule has 0 aliphatic carbocycles. The molecule has 2 aromatic carbocycles. The standard InChI is InChI=1S/C27H24Cl2N10O3/c1-35-11-16(10-30-35)7-23(27(42)31-19-4-5-20-17(8-19)12-36(2)33-20)38-15-25(40)37(14-26(38)41)22-9-18(28)3-6-21(22)39-13-24(29)32-34-39/h3-6,8-13,23H,7,14-15H2,1-2H3,(H,31,42). The number of fused-ring (bicyclic) bond motifs is 1. The van der Waals surface area contributed by atoms with Crippen molar-refractivity contribution in [2.24, 2.45) is 14.1 Å². The average Bonchev–Trinajstić information content (AvgIpc) is 3.67. The molecule has 13 nitrogen and oxygen atoms in total. The van der Waals surface area contributed by atoms with Crippen LogP contribution in [0.2, 0.25) is 10.2 Å². The number of carbonyl (C=O) groups excluding carboxylic acids is 3. The van der Waals surface area contributed by atoms with Crippen LogP contribution >= 0.6 is 23.2 Å². The summed E-state index contributed by atoms with van der Waals surface area (Å²) in [5.41, 5.74) is 2.89. The maximum atomic E-state index is 13.7. The summed E-state index contributed by atoms with van der Waals surface area (Å²) in [5.74, 6) is -1.24.